The third kappa shape index (κ3) is 2.32. The highest BCUT2D eigenvalue weighted by Crippen LogP contribution is 2.20. The highest BCUT2D eigenvalue weighted by Gasteiger charge is 2.10. The van der Waals surface area contributed by atoms with Crippen molar-refractivity contribution in [2.45, 2.75) is 19.8 Å². The van der Waals surface area contributed by atoms with Crippen LogP contribution >= 0.6 is 12.2 Å². The first kappa shape index (κ1) is 11.2. The Hall–Kier alpha value is -0.890. The molecule has 0 bridgehead atoms. The molecule has 0 N–H and O–H groups in total. The summed E-state index contributed by atoms with van der Waals surface area (Å²) in [4.78, 5) is 2.89. The van der Waals surface area contributed by atoms with Gasteiger partial charge >= 0.3 is 0 Å². The van der Waals surface area contributed by atoms with Gasteiger partial charge in [-0.15, -0.1) is 0 Å². The molecule has 0 saturated heterocycles. The Morgan fingerprint density at radius 1 is 1.21 bits per heavy atom. The minimum Gasteiger partial charge on any atom is -0.368 e. The molecule has 0 amide bonds. The van der Waals surface area contributed by atoms with E-state index < -0.39 is 0 Å². The summed E-state index contributed by atoms with van der Waals surface area (Å²) < 4.78 is 0. The van der Waals surface area contributed by atoms with E-state index in [0.717, 1.165) is 4.99 Å². The summed E-state index contributed by atoms with van der Waals surface area (Å²) in [5.41, 5.74) is 2.51. The average molecular weight is 207 g/mol. The van der Waals surface area contributed by atoms with Gasteiger partial charge in [-0.25, -0.2) is 0 Å². The largest absolute Gasteiger partial charge is 0.368 e. The molecule has 14 heavy (non-hydrogen) atoms. The predicted octanol–water partition coefficient (Wildman–Crippen LogP) is 3.05. The molecule has 0 unspecified atom stereocenters. The lowest BCUT2D eigenvalue weighted by Gasteiger charge is -2.18. The van der Waals surface area contributed by atoms with Crippen molar-refractivity contribution in [3.05, 3.63) is 35.4 Å². The Morgan fingerprint density at radius 2 is 1.79 bits per heavy atom. The zero-order chi connectivity index (χ0) is 10.7. The summed E-state index contributed by atoms with van der Waals surface area (Å²) in [6.07, 6.45) is 0. The summed E-state index contributed by atoms with van der Waals surface area (Å²) in [5, 5.41) is 0. The molecule has 0 heterocycles. The van der Waals surface area contributed by atoms with E-state index in [0.29, 0.717) is 5.92 Å². The van der Waals surface area contributed by atoms with Crippen LogP contribution in [0.1, 0.15) is 30.9 Å². The van der Waals surface area contributed by atoms with Crippen molar-refractivity contribution in [2.24, 2.45) is 0 Å². The summed E-state index contributed by atoms with van der Waals surface area (Å²) in [6.45, 7) is 4.38. The second kappa shape index (κ2) is 4.56. The van der Waals surface area contributed by atoms with Crippen LogP contribution in [0.3, 0.4) is 0 Å². The molecular weight excluding hydrogens is 190 g/mol. The van der Waals surface area contributed by atoms with Crippen molar-refractivity contribution in [1.29, 1.82) is 0 Å². The number of hydrogen-bond acceptors (Lipinski definition) is 1. The molecule has 1 nitrogen and oxygen atoms in total. The van der Waals surface area contributed by atoms with E-state index in [1.54, 1.807) is 0 Å². The molecule has 0 aliphatic rings. The lowest BCUT2D eigenvalue weighted by atomic mass is 9.97. The van der Waals surface area contributed by atoms with Crippen LogP contribution in [0.4, 0.5) is 0 Å². The lowest BCUT2D eigenvalue weighted by molar-refractivity contribution is 0.635. The van der Waals surface area contributed by atoms with Crippen LogP contribution in [0, 0.1) is 0 Å². The van der Waals surface area contributed by atoms with Crippen LogP contribution in [0.15, 0.2) is 24.3 Å². The van der Waals surface area contributed by atoms with Crippen molar-refractivity contribution in [3.63, 3.8) is 0 Å². The molecule has 0 saturated carbocycles. The Labute approximate surface area is 91.7 Å². The van der Waals surface area contributed by atoms with E-state index in [1.165, 1.54) is 11.1 Å². The van der Waals surface area contributed by atoms with Crippen LogP contribution in [0.25, 0.3) is 0 Å². The van der Waals surface area contributed by atoms with E-state index in [-0.39, 0.29) is 0 Å². The monoisotopic (exact) mass is 207 g/mol. The number of hydrogen-bond donors (Lipinski definition) is 0. The van der Waals surface area contributed by atoms with Gasteiger partial charge in [-0.2, -0.15) is 0 Å². The highest BCUT2D eigenvalue weighted by molar-refractivity contribution is 7.80. The standard InChI is InChI=1S/C12H17NS/c1-9(2)10-7-5-6-8-11(10)12(14)13(3)4/h5-9H,1-4H3. The molecule has 76 valence electrons. The van der Waals surface area contributed by atoms with Crippen LogP contribution in [0.2, 0.25) is 0 Å². The van der Waals surface area contributed by atoms with Gasteiger partial charge in [0.05, 0.1) is 0 Å². The number of thiocarbonyl (C=S) groups is 1. The quantitative estimate of drug-likeness (QED) is 0.686. The van der Waals surface area contributed by atoms with Crippen molar-refractivity contribution in [3.8, 4) is 0 Å². The number of nitrogens with zero attached hydrogens (tertiary/aromatic N) is 1. The fourth-order valence-corrected chi connectivity index (χ4v) is 1.62. The molecule has 0 spiro atoms. The molecule has 1 rings (SSSR count). The topological polar surface area (TPSA) is 3.24 Å². The smallest absolute Gasteiger partial charge is 0.108 e. The fraction of sp³-hybridized carbons (Fsp3) is 0.417. The molecule has 1 aromatic rings. The molecule has 2 heteroatoms. The molecule has 0 fully saturated rings. The van der Waals surface area contributed by atoms with Crippen molar-refractivity contribution < 1.29 is 0 Å². The van der Waals surface area contributed by atoms with Gasteiger partial charge in [0.15, 0.2) is 0 Å². The molecule has 0 aliphatic carbocycles. The van der Waals surface area contributed by atoms with E-state index >= 15 is 0 Å². The van der Waals surface area contributed by atoms with Gasteiger partial charge in [0.2, 0.25) is 0 Å². The Bertz CT molecular complexity index is 329. The van der Waals surface area contributed by atoms with Gasteiger partial charge in [0.25, 0.3) is 0 Å². The highest BCUT2D eigenvalue weighted by atomic mass is 32.1. The second-order valence-corrected chi connectivity index (χ2v) is 4.33. The third-order valence-electron chi connectivity index (χ3n) is 2.22. The first-order valence-corrected chi connectivity index (χ1v) is 5.25. The first-order valence-electron chi connectivity index (χ1n) is 4.84. The van der Waals surface area contributed by atoms with Gasteiger partial charge < -0.3 is 4.90 Å². The summed E-state index contributed by atoms with van der Waals surface area (Å²) in [5.74, 6) is 0.518. The average Bonchev–Trinajstić information content (AvgIpc) is 2.16. The van der Waals surface area contributed by atoms with Crippen LogP contribution in [-0.4, -0.2) is 24.0 Å². The maximum absolute atomic E-state index is 5.38. The van der Waals surface area contributed by atoms with Gasteiger partial charge in [0, 0.05) is 19.7 Å². The van der Waals surface area contributed by atoms with Gasteiger partial charge in [-0.1, -0.05) is 50.3 Å². The van der Waals surface area contributed by atoms with Crippen molar-refractivity contribution in [1.82, 2.24) is 4.90 Å². The van der Waals surface area contributed by atoms with Crippen molar-refractivity contribution >= 4 is 17.2 Å². The van der Waals surface area contributed by atoms with E-state index in [4.69, 9.17) is 12.2 Å². The fourth-order valence-electron chi connectivity index (χ4n) is 1.44. The third-order valence-corrected chi connectivity index (χ3v) is 2.80. The van der Waals surface area contributed by atoms with Gasteiger partial charge in [-0.3, -0.25) is 0 Å². The zero-order valence-corrected chi connectivity index (χ0v) is 10.1. The Balaban J connectivity index is 3.13. The van der Waals surface area contributed by atoms with Crippen LogP contribution in [0.5, 0.6) is 0 Å². The summed E-state index contributed by atoms with van der Waals surface area (Å²) >= 11 is 5.38. The number of benzene rings is 1. The molecule has 0 radical (unpaired) electrons. The van der Waals surface area contributed by atoms with Crippen LogP contribution < -0.4 is 0 Å². The summed E-state index contributed by atoms with van der Waals surface area (Å²) in [7, 11) is 3.97. The molecular formula is C12H17NS. The van der Waals surface area contributed by atoms with Crippen molar-refractivity contribution in [2.75, 3.05) is 14.1 Å². The van der Waals surface area contributed by atoms with Gasteiger partial charge in [-0.05, 0) is 11.5 Å². The number of rotatable bonds is 2. The normalized spacial score (nSPS) is 10.4. The lowest BCUT2D eigenvalue weighted by Crippen LogP contribution is -2.22. The summed E-state index contributed by atoms with van der Waals surface area (Å²) in [6, 6.07) is 8.35. The maximum atomic E-state index is 5.38. The zero-order valence-electron chi connectivity index (χ0n) is 9.24. The van der Waals surface area contributed by atoms with E-state index in [1.807, 2.05) is 25.1 Å². The van der Waals surface area contributed by atoms with Gasteiger partial charge in [0.1, 0.15) is 4.99 Å². The SMILES string of the molecule is CC(C)c1ccccc1C(=S)N(C)C. The Kier molecular flexibility index (Phi) is 3.64. The van der Waals surface area contributed by atoms with E-state index in [9.17, 15) is 0 Å². The minimum absolute atomic E-state index is 0.518. The van der Waals surface area contributed by atoms with E-state index in [2.05, 4.69) is 32.0 Å². The minimum atomic E-state index is 0.518. The predicted molar refractivity (Wildman–Crippen MR) is 65.9 cm³/mol. The Morgan fingerprint density at radius 3 is 2.29 bits per heavy atom. The first-order chi connectivity index (χ1) is 6.54. The maximum Gasteiger partial charge on any atom is 0.108 e. The molecule has 1 aromatic carbocycles. The molecule has 0 aromatic heterocycles. The molecule has 0 aliphatic heterocycles. The van der Waals surface area contributed by atoms with Crippen LogP contribution in [-0.2, 0) is 0 Å². The molecule has 0 atom stereocenters. The second-order valence-electron chi connectivity index (χ2n) is 3.94.